The quantitative estimate of drug-likeness (QED) is 0.528. The largest absolute Gasteiger partial charge is 0.493 e. The van der Waals surface area contributed by atoms with Crippen LogP contribution in [0.4, 0.5) is 0 Å². The minimum absolute atomic E-state index is 0.00294. The molecule has 6 heteroatoms. The van der Waals surface area contributed by atoms with Crippen LogP contribution in [0.3, 0.4) is 0 Å². The van der Waals surface area contributed by atoms with Gasteiger partial charge in [-0.15, -0.1) is 0 Å². The standard InChI is InChI=1S/C11H19N3O3/c1-3-5-14-11(10(16-2)7-13-14)9(15)8-17-6-4-12/h7H,3-6,8,12H2,1-2H3. The molecule has 0 amide bonds. The first-order chi connectivity index (χ1) is 8.24. The predicted octanol–water partition coefficient (Wildman–Crippen LogP) is 0.460. The van der Waals surface area contributed by atoms with Crippen LogP contribution in [0.25, 0.3) is 0 Å². The van der Waals surface area contributed by atoms with E-state index in [9.17, 15) is 4.79 Å². The van der Waals surface area contributed by atoms with Crippen LogP contribution in [0, 0.1) is 0 Å². The monoisotopic (exact) mass is 241 g/mol. The van der Waals surface area contributed by atoms with Gasteiger partial charge < -0.3 is 15.2 Å². The maximum Gasteiger partial charge on any atom is 0.210 e. The van der Waals surface area contributed by atoms with Crippen LogP contribution in [-0.4, -0.2) is 42.4 Å². The van der Waals surface area contributed by atoms with Crippen molar-refractivity contribution >= 4 is 5.78 Å². The molecule has 0 saturated carbocycles. The van der Waals surface area contributed by atoms with E-state index in [1.165, 1.54) is 7.11 Å². The van der Waals surface area contributed by atoms with Crippen molar-refractivity contribution in [2.75, 3.05) is 26.9 Å². The van der Waals surface area contributed by atoms with Gasteiger partial charge in [-0.1, -0.05) is 6.92 Å². The van der Waals surface area contributed by atoms with Crippen molar-refractivity contribution in [1.82, 2.24) is 9.78 Å². The molecule has 0 saturated heterocycles. The Morgan fingerprint density at radius 3 is 2.94 bits per heavy atom. The van der Waals surface area contributed by atoms with Crippen molar-refractivity contribution in [2.45, 2.75) is 19.9 Å². The van der Waals surface area contributed by atoms with E-state index in [2.05, 4.69) is 5.10 Å². The molecule has 1 aromatic rings. The Bertz CT molecular complexity index is 363. The number of carbonyl (C=O) groups is 1. The van der Waals surface area contributed by atoms with E-state index in [1.54, 1.807) is 10.9 Å². The van der Waals surface area contributed by atoms with Crippen molar-refractivity contribution in [3.8, 4) is 5.75 Å². The van der Waals surface area contributed by atoms with Gasteiger partial charge in [-0.2, -0.15) is 5.10 Å². The molecule has 0 aliphatic heterocycles. The summed E-state index contributed by atoms with van der Waals surface area (Å²) in [6.07, 6.45) is 2.45. The van der Waals surface area contributed by atoms with Crippen LogP contribution in [0.15, 0.2) is 6.20 Å². The van der Waals surface area contributed by atoms with Crippen molar-refractivity contribution in [3.63, 3.8) is 0 Å². The first-order valence-electron chi connectivity index (χ1n) is 5.65. The van der Waals surface area contributed by atoms with Crippen LogP contribution in [0.5, 0.6) is 5.75 Å². The van der Waals surface area contributed by atoms with Gasteiger partial charge in [0.2, 0.25) is 5.78 Å². The molecule has 2 N–H and O–H groups in total. The average Bonchev–Trinajstić information content (AvgIpc) is 2.73. The fourth-order valence-electron chi connectivity index (χ4n) is 1.50. The van der Waals surface area contributed by atoms with Crippen LogP contribution in [0.2, 0.25) is 0 Å². The molecule has 0 bridgehead atoms. The number of rotatable bonds is 8. The second-order valence-electron chi connectivity index (χ2n) is 3.55. The molecule has 1 heterocycles. The van der Waals surface area contributed by atoms with Gasteiger partial charge in [-0.05, 0) is 6.42 Å². The van der Waals surface area contributed by atoms with Gasteiger partial charge in [-0.25, -0.2) is 0 Å². The summed E-state index contributed by atoms with van der Waals surface area (Å²) in [7, 11) is 1.52. The highest BCUT2D eigenvalue weighted by atomic mass is 16.5. The Morgan fingerprint density at radius 2 is 2.35 bits per heavy atom. The zero-order valence-electron chi connectivity index (χ0n) is 10.3. The zero-order valence-corrected chi connectivity index (χ0v) is 10.3. The maximum absolute atomic E-state index is 11.9. The van der Waals surface area contributed by atoms with Crippen molar-refractivity contribution in [2.24, 2.45) is 5.73 Å². The number of methoxy groups -OCH3 is 1. The van der Waals surface area contributed by atoms with Gasteiger partial charge in [-0.3, -0.25) is 9.48 Å². The number of hydrogen-bond donors (Lipinski definition) is 1. The molecule has 1 rings (SSSR count). The maximum atomic E-state index is 11.9. The topological polar surface area (TPSA) is 79.4 Å². The van der Waals surface area contributed by atoms with Gasteiger partial charge >= 0.3 is 0 Å². The van der Waals surface area contributed by atoms with Gasteiger partial charge in [0.15, 0.2) is 5.75 Å². The predicted molar refractivity (Wildman–Crippen MR) is 63.3 cm³/mol. The lowest BCUT2D eigenvalue weighted by atomic mass is 10.2. The second kappa shape index (κ2) is 7.03. The summed E-state index contributed by atoms with van der Waals surface area (Å²) in [5, 5.41) is 4.12. The molecule has 0 aliphatic carbocycles. The summed E-state index contributed by atoms with van der Waals surface area (Å²) in [5.41, 5.74) is 5.75. The van der Waals surface area contributed by atoms with Crippen LogP contribution >= 0.6 is 0 Å². The fraction of sp³-hybridized carbons (Fsp3) is 0.636. The highest BCUT2D eigenvalue weighted by molar-refractivity contribution is 5.98. The van der Waals surface area contributed by atoms with E-state index in [1.807, 2.05) is 6.92 Å². The number of hydrogen-bond acceptors (Lipinski definition) is 5. The number of aryl methyl sites for hydroxylation is 1. The third-order valence-corrected chi connectivity index (χ3v) is 2.22. The van der Waals surface area contributed by atoms with Gasteiger partial charge in [0, 0.05) is 13.1 Å². The molecule has 0 fully saturated rings. The fourth-order valence-corrected chi connectivity index (χ4v) is 1.50. The molecule has 1 aromatic heterocycles. The molecule has 96 valence electrons. The average molecular weight is 241 g/mol. The zero-order chi connectivity index (χ0) is 12.7. The van der Waals surface area contributed by atoms with E-state index in [0.29, 0.717) is 31.1 Å². The molecule has 17 heavy (non-hydrogen) atoms. The number of carbonyl (C=O) groups excluding carboxylic acids is 1. The summed E-state index contributed by atoms with van der Waals surface area (Å²) >= 11 is 0. The van der Waals surface area contributed by atoms with Gasteiger partial charge in [0.1, 0.15) is 12.3 Å². The second-order valence-corrected chi connectivity index (χ2v) is 3.55. The van der Waals surface area contributed by atoms with E-state index in [-0.39, 0.29) is 12.4 Å². The van der Waals surface area contributed by atoms with Crippen LogP contribution < -0.4 is 10.5 Å². The first-order valence-corrected chi connectivity index (χ1v) is 5.65. The molecule has 6 nitrogen and oxygen atoms in total. The number of ketones is 1. The van der Waals surface area contributed by atoms with E-state index in [4.69, 9.17) is 15.2 Å². The van der Waals surface area contributed by atoms with E-state index in [0.717, 1.165) is 6.42 Å². The molecule has 0 aromatic carbocycles. The molecule has 0 radical (unpaired) electrons. The third kappa shape index (κ3) is 3.54. The highest BCUT2D eigenvalue weighted by Gasteiger charge is 2.18. The summed E-state index contributed by atoms with van der Waals surface area (Å²) in [6, 6.07) is 0. The summed E-state index contributed by atoms with van der Waals surface area (Å²) in [5.74, 6) is 0.348. The normalized spacial score (nSPS) is 10.5. The van der Waals surface area contributed by atoms with E-state index < -0.39 is 0 Å². The number of aromatic nitrogens is 2. The first kappa shape index (κ1) is 13.7. The molecule has 0 spiro atoms. The Morgan fingerprint density at radius 1 is 1.59 bits per heavy atom. The number of Topliss-reactive ketones (excluding diaryl/α,β-unsaturated/α-hetero) is 1. The van der Waals surface area contributed by atoms with Crippen molar-refractivity contribution < 1.29 is 14.3 Å². The smallest absolute Gasteiger partial charge is 0.210 e. The van der Waals surface area contributed by atoms with Crippen LogP contribution in [0.1, 0.15) is 23.8 Å². The van der Waals surface area contributed by atoms with Crippen LogP contribution in [-0.2, 0) is 11.3 Å². The Hall–Kier alpha value is -1.40. The molecule has 0 aliphatic rings. The Kier molecular flexibility index (Phi) is 5.65. The minimum atomic E-state index is -0.138. The third-order valence-electron chi connectivity index (χ3n) is 2.22. The highest BCUT2D eigenvalue weighted by Crippen LogP contribution is 2.18. The molecular formula is C11H19N3O3. The molecular weight excluding hydrogens is 222 g/mol. The molecule has 0 unspecified atom stereocenters. The summed E-state index contributed by atoms with van der Waals surface area (Å²) in [4.78, 5) is 11.9. The van der Waals surface area contributed by atoms with Gasteiger partial charge in [0.05, 0.1) is 19.9 Å². The SMILES string of the molecule is CCCn1ncc(OC)c1C(=O)COCCN. The lowest BCUT2D eigenvalue weighted by Crippen LogP contribution is -2.18. The summed E-state index contributed by atoms with van der Waals surface area (Å²) < 4.78 is 11.9. The Balaban J connectivity index is 2.77. The number of ether oxygens (including phenoxy) is 2. The van der Waals surface area contributed by atoms with Gasteiger partial charge in [0.25, 0.3) is 0 Å². The van der Waals surface area contributed by atoms with Crippen molar-refractivity contribution in [3.05, 3.63) is 11.9 Å². The van der Waals surface area contributed by atoms with Crippen molar-refractivity contribution in [1.29, 1.82) is 0 Å². The summed E-state index contributed by atoms with van der Waals surface area (Å²) in [6.45, 7) is 3.48. The van der Waals surface area contributed by atoms with E-state index >= 15 is 0 Å². The minimum Gasteiger partial charge on any atom is -0.493 e. The Labute approximate surface area is 101 Å². The number of nitrogens with zero attached hydrogens (tertiary/aromatic N) is 2. The molecule has 0 atom stereocenters. The number of nitrogens with two attached hydrogens (primary N) is 1. The lowest BCUT2D eigenvalue weighted by Gasteiger charge is -2.07. The lowest BCUT2D eigenvalue weighted by molar-refractivity contribution is 0.0760.